The Morgan fingerprint density at radius 2 is 1.70 bits per heavy atom. The molecule has 0 saturated heterocycles. The summed E-state index contributed by atoms with van der Waals surface area (Å²) in [6.07, 6.45) is 0. The third-order valence-corrected chi connectivity index (χ3v) is 4.58. The maximum Gasteiger partial charge on any atom is 0.338 e. The number of aryl methyl sites for hydroxylation is 2. The summed E-state index contributed by atoms with van der Waals surface area (Å²) in [6, 6.07) is 5.65. The van der Waals surface area contributed by atoms with Crippen molar-refractivity contribution in [1.29, 1.82) is 0 Å². The van der Waals surface area contributed by atoms with Crippen LogP contribution in [0.5, 0.6) is 5.75 Å². The summed E-state index contributed by atoms with van der Waals surface area (Å²) in [5.74, 6) is -1.09. The lowest BCUT2D eigenvalue weighted by molar-refractivity contribution is -0.385. The zero-order valence-electron chi connectivity index (χ0n) is 15.9. The van der Waals surface area contributed by atoms with E-state index in [1.54, 1.807) is 0 Å². The molecular weight excluding hydrogens is 350 g/mol. The molecule has 0 radical (unpaired) electrons. The van der Waals surface area contributed by atoms with Crippen LogP contribution >= 0.6 is 0 Å². The van der Waals surface area contributed by atoms with E-state index < -0.39 is 17.5 Å². The van der Waals surface area contributed by atoms with Crippen molar-refractivity contribution in [2.75, 3.05) is 13.7 Å². The van der Waals surface area contributed by atoms with Crippen molar-refractivity contribution in [3.63, 3.8) is 0 Å². The van der Waals surface area contributed by atoms with Gasteiger partial charge in [-0.3, -0.25) is 14.9 Å². The summed E-state index contributed by atoms with van der Waals surface area (Å²) in [7, 11) is 1.30. The number of hydrogen-bond acceptors (Lipinski definition) is 6. The number of nitrogens with zero attached hydrogens (tertiary/aromatic N) is 1. The first-order valence-electron chi connectivity index (χ1n) is 8.27. The second-order valence-corrected chi connectivity index (χ2v) is 6.28. The normalized spacial score (nSPS) is 10.4. The van der Waals surface area contributed by atoms with Gasteiger partial charge < -0.3 is 9.47 Å². The number of methoxy groups -OCH3 is 1. The first kappa shape index (κ1) is 20.1. The van der Waals surface area contributed by atoms with Crippen LogP contribution in [0.4, 0.5) is 5.69 Å². The van der Waals surface area contributed by atoms with Crippen molar-refractivity contribution >= 4 is 17.4 Å². The predicted molar refractivity (Wildman–Crippen MR) is 99.7 cm³/mol. The number of esters is 1. The van der Waals surface area contributed by atoms with Gasteiger partial charge in [0.25, 0.3) is 0 Å². The van der Waals surface area contributed by atoms with Gasteiger partial charge in [0.1, 0.15) is 0 Å². The fraction of sp³-hybridized carbons (Fsp3) is 0.300. The van der Waals surface area contributed by atoms with E-state index in [4.69, 9.17) is 9.47 Å². The fourth-order valence-corrected chi connectivity index (χ4v) is 2.96. The molecule has 2 rings (SSSR count). The Morgan fingerprint density at radius 1 is 1.04 bits per heavy atom. The van der Waals surface area contributed by atoms with Gasteiger partial charge in [0.05, 0.1) is 17.6 Å². The highest BCUT2D eigenvalue weighted by Gasteiger charge is 2.21. The molecule has 2 aromatic carbocycles. The minimum absolute atomic E-state index is 0.0242. The first-order valence-corrected chi connectivity index (χ1v) is 8.27. The lowest BCUT2D eigenvalue weighted by atomic mass is 9.92. The maximum atomic E-state index is 12.6. The minimum Gasteiger partial charge on any atom is -0.490 e. The molecule has 0 atom stereocenters. The molecule has 0 saturated carbocycles. The topological polar surface area (TPSA) is 95.7 Å². The van der Waals surface area contributed by atoms with Crippen LogP contribution in [0.3, 0.4) is 0 Å². The highest BCUT2D eigenvalue weighted by molar-refractivity contribution is 6.02. The second kappa shape index (κ2) is 7.99. The van der Waals surface area contributed by atoms with Gasteiger partial charge in [0, 0.05) is 11.6 Å². The minimum atomic E-state index is -0.812. The lowest BCUT2D eigenvalue weighted by Gasteiger charge is -2.14. The molecule has 0 heterocycles. The van der Waals surface area contributed by atoms with Crippen molar-refractivity contribution in [1.82, 2.24) is 0 Å². The average Bonchev–Trinajstić information content (AvgIpc) is 2.63. The van der Waals surface area contributed by atoms with Gasteiger partial charge in [-0.15, -0.1) is 0 Å². The predicted octanol–water partition coefficient (Wildman–Crippen LogP) is 3.88. The van der Waals surface area contributed by atoms with Gasteiger partial charge in [0.15, 0.2) is 12.4 Å². The van der Waals surface area contributed by atoms with E-state index in [0.717, 1.165) is 28.3 Å². The van der Waals surface area contributed by atoms with Crippen LogP contribution in [0.1, 0.15) is 43.0 Å². The number of nitro groups is 1. The summed E-state index contributed by atoms with van der Waals surface area (Å²) in [5.41, 5.74) is 3.94. The molecular formula is C20H21NO6. The zero-order valence-corrected chi connectivity index (χ0v) is 15.9. The molecule has 142 valence electrons. The number of hydrogen-bond donors (Lipinski definition) is 0. The number of carbonyl (C=O) groups is 2. The standard InChI is InChI=1S/C20H21NO6/c1-11-8-12(2)19(14(4)13(11)3)17(22)10-27-20(23)15-6-7-18(26-5)16(9-15)21(24)25/h6-9H,10H2,1-5H3. The largest absolute Gasteiger partial charge is 0.490 e. The van der Waals surface area contributed by atoms with Crippen molar-refractivity contribution in [3.05, 3.63) is 67.8 Å². The van der Waals surface area contributed by atoms with Crippen LogP contribution in [-0.2, 0) is 4.74 Å². The van der Waals surface area contributed by atoms with Crippen molar-refractivity contribution in [2.45, 2.75) is 27.7 Å². The van der Waals surface area contributed by atoms with Crippen molar-refractivity contribution in [2.24, 2.45) is 0 Å². The number of benzene rings is 2. The van der Waals surface area contributed by atoms with Crippen LogP contribution in [0.15, 0.2) is 24.3 Å². The van der Waals surface area contributed by atoms with Crippen LogP contribution in [0.2, 0.25) is 0 Å². The molecule has 0 fully saturated rings. The Balaban J connectivity index is 2.19. The first-order chi connectivity index (χ1) is 12.7. The van der Waals surface area contributed by atoms with Crippen molar-refractivity contribution < 1.29 is 24.0 Å². The molecule has 7 nitrogen and oxygen atoms in total. The molecule has 0 aliphatic rings. The number of ether oxygens (including phenoxy) is 2. The van der Waals surface area contributed by atoms with E-state index in [1.165, 1.54) is 19.2 Å². The molecule has 0 N–H and O–H groups in total. The lowest BCUT2D eigenvalue weighted by Crippen LogP contribution is -2.17. The summed E-state index contributed by atoms with van der Waals surface area (Å²) in [6.45, 7) is 7.16. The van der Waals surface area contributed by atoms with E-state index in [9.17, 15) is 19.7 Å². The second-order valence-electron chi connectivity index (χ2n) is 6.28. The Labute approximate surface area is 157 Å². The Bertz CT molecular complexity index is 933. The van der Waals surface area contributed by atoms with Crippen LogP contribution in [0, 0.1) is 37.8 Å². The Kier molecular flexibility index (Phi) is 5.95. The van der Waals surface area contributed by atoms with E-state index in [1.807, 2.05) is 33.8 Å². The molecule has 0 amide bonds. The SMILES string of the molecule is COc1ccc(C(=O)OCC(=O)c2c(C)cc(C)c(C)c2C)cc1[N+](=O)[O-]. The third kappa shape index (κ3) is 4.13. The van der Waals surface area contributed by atoms with Gasteiger partial charge in [0.2, 0.25) is 5.78 Å². The molecule has 0 spiro atoms. The van der Waals surface area contributed by atoms with E-state index >= 15 is 0 Å². The smallest absolute Gasteiger partial charge is 0.338 e. The Morgan fingerprint density at radius 3 is 2.30 bits per heavy atom. The third-order valence-electron chi connectivity index (χ3n) is 4.58. The quantitative estimate of drug-likeness (QED) is 0.331. The zero-order chi connectivity index (χ0) is 20.3. The number of ketones is 1. The van der Waals surface area contributed by atoms with E-state index in [2.05, 4.69) is 0 Å². The summed E-state index contributed by atoms with van der Waals surface area (Å²) in [4.78, 5) is 35.2. The van der Waals surface area contributed by atoms with E-state index in [0.29, 0.717) is 5.56 Å². The number of carbonyl (C=O) groups excluding carboxylic acids is 2. The summed E-state index contributed by atoms with van der Waals surface area (Å²) in [5, 5.41) is 11.1. The van der Waals surface area contributed by atoms with E-state index in [-0.39, 0.29) is 22.8 Å². The van der Waals surface area contributed by atoms with Gasteiger partial charge in [-0.1, -0.05) is 6.07 Å². The van der Waals surface area contributed by atoms with Gasteiger partial charge in [-0.2, -0.15) is 0 Å². The van der Waals surface area contributed by atoms with Gasteiger partial charge in [-0.05, 0) is 62.1 Å². The van der Waals surface area contributed by atoms with Crippen LogP contribution in [-0.4, -0.2) is 30.4 Å². The fourth-order valence-electron chi connectivity index (χ4n) is 2.96. The highest BCUT2D eigenvalue weighted by Crippen LogP contribution is 2.28. The monoisotopic (exact) mass is 371 g/mol. The summed E-state index contributed by atoms with van der Waals surface area (Å²) < 4.78 is 9.98. The molecule has 0 unspecified atom stereocenters. The molecule has 0 bridgehead atoms. The van der Waals surface area contributed by atoms with Gasteiger partial charge >= 0.3 is 11.7 Å². The molecule has 27 heavy (non-hydrogen) atoms. The van der Waals surface area contributed by atoms with Crippen molar-refractivity contribution in [3.8, 4) is 5.75 Å². The summed E-state index contributed by atoms with van der Waals surface area (Å²) >= 11 is 0. The molecule has 0 aliphatic carbocycles. The van der Waals surface area contributed by atoms with Crippen LogP contribution in [0.25, 0.3) is 0 Å². The molecule has 7 heteroatoms. The highest BCUT2D eigenvalue weighted by atomic mass is 16.6. The number of nitro benzene ring substituents is 1. The maximum absolute atomic E-state index is 12.6. The number of Topliss-reactive ketones (excluding diaryl/α,β-unsaturated/α-hetero) is 1. The Hall–Kier alpha value is -3.22. The van der Waals surface area contributed by atoms with Crippen LogP contribution < -0.4 is 4.74 Å². The average molecular weight is 371 g/mol. The number of rotatable bonds is 6. The van der Waals surface area contributed by atoms with Gasteiger partial charge in [-0.25, -0.2) is 4.79 Å². The molecule has 0 aromatic heterocycles. The molecule has 0 aliphatic heterocycles. The molecule has 2 aromatic rings.